The molecule has 0 bridgehead atoms. The molecule has 0 aromatic heterocycles. The number of hydrogen-bond acceptors (Lipinski definition) is 1. The van der Waals surface area contributed by atoms with E-state index in [1.807, 2.05) is 0 Å². The first kappa shape index (κ1) is 7.35. The molecule has 1 saturated heterocycles. The molecular formula is C10H16O. The third-order valence-corrected chi connectivity index (χ3v) is 3.08. The Bertz CT molecular complexity index is 185. The SMILES string of the molecule is C=C(C)C1CCC(C)C2OC12. The van der Waals surface area contributed by atoms with Gasteiger partial charge in [-0.2, -0.15) is 0 Å². The summed E-state index contributed by atoms with van der Waals surface area (Å²) in [5.41, 5.74) is 1.31. The van der Waals surface area contributed by atoms with Crippen molar-refractivity contribution in [3.05, 3.63) is 12.2 Å². The van der Waals surface area contributed by atoms with Gasteiger partial charge in [0.2, 0.25) is 0 Å². The lowest BCUT2D eigenvalue weighted by Crippen LogP contribution is -2.22. The Morgan fingerprint density at radius 3 is 2.73 bits per heavy atom. The molecule has 4 atom stereocenters. The minimum atomic E-state index is 0.538. The van der Waals surface area contributed by atoms with Crippen LogP contribution in [0.3, 0.4) is 0 Å². The summed E-state index contributed by atoms with van der Waals surface area (Å²) in [6.45, 7) is 8.42. The Morgan fingerprint density at radius 1 is 1.36 bits per heavy atom. The highest BCUT2D eigenvalue weighted by Crippen LogP contribution is 2.46. The first-order valence-corrected chi connectivity index (χ1v) is 4.51. The third-order valence-electron chi connectivity index (χ3n) is 3.08. The Labute approximate surface area is 68.4 Å². The second-order valence-electron chi connectivity index (χ2n) is 4.07. The van der Waals surface area contributed by atoms with Gasteiger partial charge in [0.15, 0.2) is 0 Å². The molecule has 0 radical (unpaired) electrons. The van der Waals surface area contributed by atoms with E-state index >= 15 is 0 Å². The molecule has 0 aromatic carbocycles. The summed E-state index contributed by atoms with van der Waals surface area (Å²) in [5, 5.41) is 0. The van der Waals surface area contributed by atoms with E-state index < -0.39 is 0 Å². The quantitative estimate of drug-likeness (QED) is 0.415. The molecule has 0 spiro atoms. The second kappa shape index (κ2) is 2.34. The Hall–Kier alpha value is -0.300. The van der Waals surface area contributed by atoms with Gasteiger partial charge in [-0.3, -0.25) is 0 Å². The average molecular weight is 152 g/mol. The summed E-state index contributed by atoms with van der Waals surface area (Å²) < 4.78 is 5.60. The standard InChI is InChI=1S/C10H16O/c1-6(2)8-5-4-7(3)9-10(8)11-9/h7-10H,1,4-5H2,2-3H3. The monoisotopic (exact) mass is 152 g/mol. The zero-order valence-electron chi connectivity index (χ0n) is 7.34. The minimum Gasteiger partial charge on any atom is -0.369 e. The fourth-order valence-electron chi connectivity index (χ4n) is 2.22. The molecule has 0 N–H and O–H groups in total. The second-order valence-corrected chi connectivity index (χ2v) is 4.07. The van der Waals surface area contributed by atoms with E-state index in [1.165, 1.54) is 18.4 Å². The van der Waals surface area contributed by atoms with Gasteiger partial charge in [0.05, 0.1) is 12.2 Å². The van der Waals surface area contributed by atoms with Crippen molar-refractivity contribution in [3.63, 3.8) is 0 Å². The van der Waals surface area contributed by atoms with Crippen molar-refractivity contribution >= 4 is 0 Å². The van der Waals surface area contributed by atoms with Crippen LogP contribution in [0.5, 0.6) is 0 Å². The van der Waals surface area contributed by atoms with Crippen LogP contribution < -0.4 is 0 Å². The molecule has 1 heterocycles. The first-order valence-electron chi connectivity index (χ1n) is 4.51. The summed E-state index contributed by atoms with van der Waals surface area (Å²) in [6.07, 6.45) is 3.72. The van der Waals surface area contributed by atoms with Gasteiger partial charge >= 0.3 is 0 Å². The van der Waals surface area contributed by atoms with Crippen LogP contribution in [0.15, 0.2) is 12.2 Å². The summed E-state index contributed by atoms with van der Waals surface area (Å²) in [5.74, 6) is 1.45. The van der Waals surface area contributed by atoms with Crippen LogP contribution >= 0.6 is 0 Å². The molecule has 1 saturated carbocycles. The maximum absolute atomic E-state index is 5.60. The van der Waals surface area contributed by atoms with Crippen molar-refractivity contribution in [3.8, 4) is 0 Å². The highest BCUT2D eigenvalue weighted by molar-refractivity contribution is 5.10. The van der Waals surface area contributed by atoms with Gasteiger partial charge in [-0.05, 0) is 25.7 Å². The molecule has 4 unspecified atom stereocenters. The van der Waals surface area contributed by atoms with Crippen LogP contribution in [0.1, 0.15) is 26.7 Å². The van der Waals surface area contributed by atoms with Gasteiger partial charge in [-0.25, -0.2) is 0 Å². The number of epoxide rings is 1. The minimum absolute atomic E-state index is 0.538. The normalized spacial score (nSPS) is 48.2. The highest BCUT2D eigenvalue weighted by atomic mass is 16.6. The lowest BCUT2D eigenvalue weighted by atomic mass is 9.80. The lowest BCUT2D eigenvalue weighted by Gasteiger charge is -2.21. The van der Waals surface area contributed by atoms with Crippen LogP contribution in [0.4, 0.5) is 0 Å². The molecule has 1 aliphatic heterocycles. The molecule has 2 fully saturated rings. The van der Waals surface area contributed by atoms with Crippen molar-refractivity contribution in [1.82, 2.24) is 0 Å². The predicted octanol–water partition coefficient (Wildman–Crippen LogP) is 2.38. The average Bonchev–Trinajstić information content (AvgIpc) is 2.66. The first-order chi connectivity index (χ1) is 5.20. The molecule has 1 aliphatic carbocycles. The maximum Gasteiger partial charge on any atom is 0.0909 e. The lowest BCUT2D eigenvalue weighted by molar-refractivity contribution is 0.333. The van der Waals surface area contributed by atoms with Gasteiger partial charge in [0, 0.05) is 5.92 Å². The molecule has 0 amide bonds. The topological polar surface area (TPSA) is 12.5 Å². The number of rotatable bonds is 1. The fourth-order valence-corrected chi connectivity index (χ4v) is 2.22. The summed E-state index contributed by atoms with van der Waals surface area (Å²) in [4.78, 5) is 0. The number of ether oxygens (including phenoxy) is 1. The largest absolute Gasteiger partial charge is 0.369 e. The van der Waals surface area contributed by atoms with E-state index in [-0.39, 0.29) is 0 Å². The van der Waals surface area contributed by atoms with Crippen LogP contribution in [0, 0.1) is 11.8 Å². The maximum atomic E-state index is 5.60. The molecule has 2 rings (SSSR count). The predicted molar refractivity (Wildman–Crippen MR) is 45.4 cm³/mol. The van der Waals surface area contributed by atoms with Crippen molar-refractivity contribution < 1.29 is 4.74 Å². The van der Waals surface area contributed by atoms with Crippen LogP contribution in [-0.4, -0.2) is 12.2 Å². The van der Waals surface area contributed by atoms with E-state index in [2.05, 4.69) is 20.4 Å². The van der Waals surface area contributed by atoms with Gasteiger partial charge in [-0.15, -0.1) is 0 Å². The van der Waals surface area contributed by atoms with E-state index in [9.17, 15) is 0 Å². The van der Waals surface area contributed by atoms with Crippen molar-refractivity contribution in [2.24, 2.45) is 11.8 Å². The van der Waals surface area contributed by atoms with Crippen molar-refractivity contribution in [2.75, 3.05) is 0 Å². The smallest absolute Gasteiger partial charge is 0.0909 e. The zero-order chi connectivity index (χ0) is 8.01. The van der Waals surface area contributed by atoms with Gasteiger partial charge in [0.1, 0.15) is 0 Å². The zero-order valence-corrected chi connectivity index (χ0v) is 7.34. The molecule has 1 heteroatoms. The summed E-state index contributed by atoms with van der Waals surface area (Å²) in [6, 6.07) is 0. The van der Waals surface area contributed by atoms with Crippen molar-refractivity contribution in [1.29, 1.82) is 0 Å². The summed E-state index contributed by atoms with van der Waals surface area (Å²) in [7, 11) is 0. The fraction of sp³-hybridized carbons (Fsp3) is 0.800. The van der Waals surface area contributed by atoms with Crippen LogP contribution in [-0.2, 0) is 4.74 Å². The number of fused-ring (bicyclic) bond motifs is 1. The Kier molecular flexibility index (Phi) is 1.57. The molecule has 11 heavy (non-hydrogen) atoms. The van der Waals surface area contributed by atoms with E-state index in [0.29, 0.717) is 18.1 Å². The van der Waals surface area contributed by atoms with Crippen molar-refractivity contribution in [2.45, 2.75) is 38.9 Å². The van der Waals surface area contributed by atoms with Crippen LogP contribution in [0.25, 0.3) is 0 Å². The molecule has 62 valence electrons. The van der Waals surface area contributed by atoms with Crippen LogP contribution in [0.2, 0.25) is 0 Å². The summed E-state index contributed by atoms with van der Waals surface area (Å²) >= 11 is 0. The van der Waals surface area contributed by atoms with Gasteiger partial charge < -0.3 is 4.74 Å². The highest BCUT2D eigenvalue weighted by Gasteiger charge is 2.50. The Morgan fingerprint density at radius 2 is 2.09 bits per heavy atom. The Balaban J connectivity index is 2.02. The third kappa shape index (κ3) is 1.12. The molecule has 2 aliphatic rings. The van der Waals surface area contributed by atoms with Gasteiger partial charge in [-0.1, -0.05) is 19.1 Å². The molecular weight excluding hydrogens is 136 g/mol. The van der Waals surface area contributed by atoms with E-state index in [4.69, 9.17) is 4.74 Å². The van der Waals surface area contributed by atoms with E-state index in [1.54, 1.807) is 0 Å². The molecule has 1 nitrogen and oxygen atoms in total. The van der Waals surface area contributed by atoms with E-state index in [0.717, 1.165) is 5.92 Å². The number of hydrogen-bond donors (Lipinski definition) is 0. The van der Waals surface area contributed by atoms with Gasteiger partial charge in [0.25, 0.3) is 0 Å². The molecule has 0 aromatic rings.